The fourth-order valence-corrected chi connectivity index (χ4v) is 3.15. The number of hydrogen-bond acceptors (Lipinski definition) is 3. The third-order valence-electron chi connectivity index (χ3n) is 2.62. The Morgan fingerprint density at radius 2 is 2.11 bits per heavy atom. The first-order valence-corrected chi connectivity index (χ1v) is 7.42. The SMILES string of the molecule is C#CCN(CCC)S(=O)(=O)c1cccc(C(C)=O)c1. The van der Waals surface area contributed by atoms with Gasteiger partial charge in [0.15, 0.2) is 5.78 Å². The Morgan fingerprint density at radius 1 is 1.42 bits per heavy atom. The Morgan fingerprint density at radius 3 is 2.63 bits per heavy atom. The van der Waals surface area contributed by atoms with E-state index in [9.17, 15) is 13.2 Å². The zero-order valence-corrected chi connectivity index (χ0v) is 11.9. The van der Waals surface area contributed by atoms with Crippen molar-refractivity contribution in [3.63, 3.8) is 0 Å². The third kappa shape index (κ3) is 3.66. The molecule has 5 heteroatoms. The van der Waals surface area contributed by atoms with Crippen LogP contribution in [0.25, 0.3) is 0 Å². The second-order valence-corrected chi connectivity index (χ2v) is 6.06. The molecule has 19 heavy (non-hydrogen) atoms. The lowest BCUT2D eigenvalue weighted by Gasteiger charge is -2.19. The summed E-state index contributed by atoms with van der Waals surface area (Å²) < 4.78 is 26.1. The summed E-state index contributed by atoms with van der Waals surface area (Å²) in [6, 6.07) is 6.01. The fourth-order valence-electron chi connectivity index (χ4n) is 1.66. The van der Waals surface area contributed by atoms with E-state index in [-0.39, 0.29) is 17.2 Å². The molecule has 0 saturated heterocycles. The highest BCUT2D eigenvalue weighted by Gasteiger charge is 2.23. The van der Waals surface area contributed by atoms with Gasteiger partial charge in [-0.15, -0.1) is 6.42 Å². The molecule has 1 aromatic carbocycles. The molecule has 0 unspecified atom stereocenters. The van der Waals surface area contributed by atoms with Crippen LogP contribution in [0.3, 0.4) is 0 Å². The van der Waals surface area contributed by atoms with Crippen molar-refractivity contribution in [2.24, 2.45) is 0 Å². The van der Waals surface area contributed by atoms with E-state index in [2.05, 4.69) is 5.92 Å². The number of carbonyl (C=O) groups excluding carboxylic acids is 1. The van der Waals surface area contributed by atoms with Gasteiger partial charge in [-0.1, -0.05) is 25.0 Å². The molecule has 0 spiro atoms. The molecule has 0 heterocycles. The summed E-state index contributed by atoms with van der Waals surface area (Å²) in [5.41, 5.74) is 0.373. The molecular weight excluding hydrogens is 262 g/mol. The summed E-state index contributed by atoms with van der Waals surface area (Å²) in [5.74, 6) is 2.18. The van der Waals surface area contributed by atoms with Crippen LogP contribution in [-0.4, -0.2) is 31.6 Å². The molecule has 0 saturated carbocycles. The van der Waals surface area contributed by atoms with E-state index in [1.54, 1.807) is 12.1 Å². The summed E-state index contributed by atoms with van der Waals surface area (Å²) in [4.78, 5) is 11.4. The molecule has 0 amide bonds. The summed E-state index contributed by atoms with van der Waals surface area (Å²) in [5, 5.41) is 0. The Hall–Kier alpha value is -1.64. The fraction of sp³-hybridized carbons (Fsp3) is 0.357. The molecular formula is C14H17NO3S. The topological polar surface area (TPSA) is 54.5 Å². The molecule has 0 N–H and O–H groups in total. The van der Waals surface area contributed by atoms with Crippen LogP contribution in [0.2, 0.25) is 0 Å². The minimum absolute atomic E-state index is 0.0282. The Bertz CT molecular complexity index is 599. The molecule has 0 aromatic heterocycles. The molecule has 0 aliphatic carbocycles. The number of ketones is 1. The molecule has 0 aliphatic rings. The highest BCUT2D eigenvalue weighted by atomic mass is 32.2. The first-order chi connectivity index (χ1) is 8.93. The Labute approximate surface area is 114 Å². The van der Waals surface area contributed by atoms with E-state index in [0.717, 1.165) is 0 Å². The zero-order valence-electron chi connectivity index (χ0n) is 11.1. The summed E-state index contributed by atoms with van der Waals surface area (Å²) in [7, 11) is -3.64. The average molecular weight is 279 g/mol. The maximum absolute atomic E-state index is 12.4. The summed E-state index contributed by atoms with van der Waals surface area (Å²) in [6.45, 7) is 3.67. The minimum Gasteiger partial charge on any atom is -0.295 e. The van der Waals surface area contributed by atoms with Crippen molar-refractivity contribution in [2.45, 2.75) is 25.2 Å². The lowest BCUT2D eigenvalue weighted by atomic mass is 10.2. The van der Waals surface area contributed by atoms with Crippen molar-refractivity contribution in [1.82, 2.24) is 4.31 Å². The molecule has 0 atom stereocenters. The molecule has 4 nitrogen and oxygen atoms in total. The lowest BCUT2D eigenvalue weighted by molar-refractivity contribution is 0.101. The third-order valence-corrected chi connectivity index (χ3v) is 4.46. The van der Waals surface area contributed by atoms with Crippen LogP contribution in [0.15, 0.2) is 29.2 Å². The predicted molar refractivity (Wildman–Crippen MR) is 74.3 cm³/mol. The van der Waals surface area contributed by atoms with Gasteiger partial charge in [0.05, 0.1) is 11.4 Å². The van der Waals surface area contributed by atoms with Crippen molar-refractivity contribution in [3.8, 4) is 12.3 Å². The number of Topliss-reactive ketones (excluding diaryl/α,β-unsaturated/α-hetero) is 1. The molecule has 0 radical (unpaired) electrons. The van der Waals surface area contributed by atoms with Crippen LogP contribution < -0.4 is 0 Å². The van der Waals surface area contributed by atoms with Crippen molar-refractivity contribution < 1.29 is 13.2 Å². The molecule has 1 rings (SSSR count). The number of sulfonamides is 1. The van der Waals surface area contributed by atoms with E-state index in [0.29, 0.717) is 18.5 Å². The monoisotopic (exact) mass is 279 g/mol. The largest absolute Gasteiger partial charge is 0.295 e. The smallest absolute Gasteiger partial charge is 0.243 e. The predicted octanol–water partition coefficient (Wildman–Crippen LogP) is 1.92. The normalized spacial score (nSPS) is 11.3. The van der Waals surface area contributed by atoms with Gasteiger partial charge in [0.2, 0.25) is 10.0 Å². The van der Waals surface area contributed by atoms with E-state index >= 15 is 0 Å². The molecule has 1 aromatic rings. The van der Waals surface area contributed by atoms with Crippen LogP contribution in [0.1, 0.15) is 30.6 Å². The van der Waals surface area contributed by atoms with Gasteiger partial charge in [0.1, 0.15) is 0 Å². The van der Waals surface area contributed by atoms with Gasteiger partial charge in [-0.05, 0) is 25.5 Å². The zero-order chi connectivity index (χ0) is 14.5. The van der Waals surface area contributed by atoms with Gasteiger partial charge in [-0.25, -0.2) is 8.42 Å². The second-order valence-electron chi connectivity index (χ2n) is 4.13. The molecule has 102 valence electrons. The van der Waals surface area contributed by atoms with Gasteiger partial charge in [-0.3, -0.25) is 4.79 Å². The van der Waals surface area contributed by atoms with Gasteiger partial charge >= 0.3 is 0 Å². The van der Waals surface area contributed by atoms with Crippen LogP contribution in [0.5, 0.6) is 0 Å². The summed E-state index contributed by atoms with van der Waals surface area (Å²) >= 11 is 0. The van der Waals surface area contributed by atoms with E-state index in [1.165, 1.54) is 23.4 Å². The van der Waals surface area contributed by atoms with Gasteiger partial charge in [-0.2, -0.15) is 4.31 Å². The van der Waals surface area contributed by atoms with Crippen molar-refractivity contribution in [1.29, 1.82) is 0 Å². The van der Waals surface area contributed by atoms with E-state index in [1.807, 2.05) is 6.92 Å². The van der Waals surface area contributed by atoms with Crippen molar-refractivity contribution in [3.05, 3.63) is 29.8 Å². The molecule has 0 fully saturated rings. The van der Waals surface area contributed by atoms with Gasteiger partial charge < -0.3 is 0 Å². The lowest BCUT2D eigenvalue weighted by Crippen LogP contribution is -2.32. The number of carbonyl (C=O) groups is 1. The quantitative estimate of drug-likeness (QED) is 0.590. The number of terminal acetylenes is 1. The van der Waals surface area contributed by atoms with Crippen LogP contribution >= 0.6 is 0 Å². The number of hydrogen-bond donors (Lipinski definition) is 0. The first kappa shape index (κ1) is 15.4. The van der Waals surface area contributed by atoms with Crippen molar-refractivity contribution >= 4 is 15.8 Å². The van der Waals surface area contributed by atoms with Gasteiger partial charge in [0, 0.05) is 12.1 Å². The maximum atomic E-state index is 12.4. The van der Waals surface area contributed by atoms with E-state index in [4.69, 9.17) is 6.42 Å². The maximum Gasteiger partial charge on any atom is 0.243 e. The minimum atomic E-state index is -3.64. The number of rotatable bonds is 6. The van der Waals surface area contributed by atoms with Crippen LogP contribution in [0, 0.1) is 12.3 Å². The second kappa shape index (κ2) is 6.50. The highest BCUT2D eigenvalue weighted by molar-refractivity contribution is 7.89. The first-order valence-electron chi connectivity index (χ1n) is 5.98. The molecule has 0 aliphatic heterocycles. The Balaban J connectivity index is 3.21. The average Bonchev–Trinajstić information content (AvgIpc) is 2.38. The highest BCUT2D eigenvalue weighted by Crippen LogP contribution is 2.17. The summed E-state index contributed by atoms with van der Waals surface area (Å²) in [6.07, 6.45) is 5.88. The number of benzene rings is 1. The standard InChI is InChI=1S/C14H17NO3S/c1-4-9-15(10-5-2)19(17,18)14-8-6-7-13(11-14)12(3)16/h1,6-8,11H,5,9-10H2,2-3H3. The van der Waals surface area contributed by atoms with Crippen LogP contribution in [-0.2, 0) is 10.0 Å². The van der Waals surface area contributed by atoms with Crippen molar-refractivity contribution in [2.75, 3.05) is 13.1 Å². The van der Waals surface area contributed by atoms with Crippen LogP contribution in [0.4, 0.5) is 0 Å². The molecule has 0 bridgehead atoms. The number of nitrogens with zero attached hydrogens (tertiary/aromatic N) is 1. The Kier molecular flexibility index (Phi) is 5.28. The van der Waals surface area contributed by atoms with Gasteiger partial charge in [0.25, 0.3) is 0 Å². The van der Waals surface area contributed by atoms with E-state index < -0.39 is 10.0 Å².